The number of pyridine rings is 1. The van der Waals surface area contributed by atoms with Crippen molar-refractivity contribution in [3.63, 3.8) is 0 Å². The van der Waals surface area contributed by atoms with E-state index in [4.69, 9.17) is 21.4 Å². The van der Waals surface area contributed by atoms with Gasteiger partial charge in [-0.1, -0.05) is 18.5 Å². The van der Waals surface area contributed by atoms with Crippen molar-refractivity contribution in [2.24, 2.45) is 0 Å². The summed E-state index contributed by atoms with van der Waals surface area (Å²) in [5, 5.41) is 12.0. The van der Waals surface area contributed by atoms with Crippen molar-refractivity contribution in [3.05, 3.63) is 22.8 Å². The van der Waals surface area contributed by atoms with Gasteiger partial charge in [0, 0.05) is 19.8 Å². The van der Waals surface area contributed by atoms with Crippen LogP contribution < -0.4 is 5.32 Å². The zero-order chi connectivity index (χ0) is 13.4. The van der Waals surface area contributed by atoms with Gasteiger partial charge in [-0.15, -0.1) is 0 Å². The SMILES string of the molecule is CCCOCCCNc1ccc(Cl)c(C(=O)O)n1. The number of carboxylic acids is 1. The number of rotatable bonds is 8. The maximum atomic E-state index is 10.8. The lowest BCUT2D eigenvalue weighted by atomic mass is 10.3. The van der Waals surface area contributed by atoms with Crippen LogP contribution in [-0.4, -0.2) is 35.8 Å². The van der Waals surface area contributed by atoms with Crippen molar-refractivity contribution >= 4 is 23.4 Å². The van der Waals surface area contributed by atoms with Gasteiger partial charge in [-0.25, -0.2) is 9.78 Å². The first-order valence-corrected chi connectivity index (χ1v) is 6.24. The Hall–Kier alpha value is -1.33. The molecule has 0 spiro atoms. The van der Waals surface area contributed by atoms with Crippen LogP contribution in [0.1, 0.15) is 30.3 Å². The molecule has 18 heavy (non-hydrogen) atoms. The molecule has 1 rings (SSSR count). The van der Waals surface area contributed by atoms with Crippen LogP contribution in [0, 0.1) is 0 Å². The fourth-order valence-corrected chi connectivity index (χ4v) is 1.51. The van der Waals surface area contributed by atoms with E-state index in [9.17, 15) is 4.79 Å². The van der Waals surface area contributed by atoms with Crippen LogP contribution in [0.25, 0.3) is 0 Å². The summed E-state index contributed by atoms with van der Waals surface area (Å²) in [4.78, 5) is 14.7. The Morgan fingerprint density at radius 2 is 2.28 bits per heavy atom. The van der Waals surface area contributed by atoms with Crippen LogP contribution in [0.2, 0.25) is 5.02 Å². The van der Waals surface area contributed by atoms with Gasteiger partial charge in [0.1, 0.15) is 5.82 Å². The molecule has 0 fully saturated rings. The molecular formula is C12H17ClN2O3. The molecule has 1 heterocycles. The predicted molar refractivity (Wildman–Crippen MR) is 70.4 cm³/mol. The van der Waals surface area contributed by atoms with Crippen LogP contribution in [0.5, 0.6) is 0 Å². The summed E-state index contributed by atoms with van der Waals surface area (Å²) in [5.74, 6) is -0.623. The number of ether oxygens (including phenoxy) is 1. The molecule has 0 saturated heterocycles. The Bertz CT molecular complexity index is 399. The van der Waals surface area contributed by atoms with Crippen molar-refractivity contribution in [3.8, 4) is 0 Å². The number of nitrogens with one attached hydrogen (secondary N) is 1. The largest absolute Gasteiger partial charge is 0.476 e. The minimum absolute atomic E-state index is 0.135. The second-order valence-electron chi connectivity index (χ2n) is 3.72. The molecule has 0 aromatic carbocycles. The van der Waals surface area contributed by atoms with Crippen molar-refractivity contribution < 1.29 is 14.6 Å². The normalized spacial score (nSPS) is 10.3. The van der Waals surface area contributed by atoms with Crippen molar-refractivity contribution in [2.75, 3.05) is 25.1 Å². The van der Waals surface area contributed by atoms with Crippen LogP contribution in [0.3, 0.4) is 0 Å². The quantitative estimate of drug-likeness (QED) is 0.712. The molecule has 5 nitrogen and oxygen atoms in total. The number of hydrogen-bond acceptors (Lipinski definition) is 4. The summed E-state index contributed by atoms with van der Waals surface area (Å²) >= 11 is 5.72. The Morgan fingerprint density at radius 1 is 1.50 bits per heavy atom. The monoisotopic (exact) mass is 272 g/mol. The number of carbonyl (C=O) groups is 1. The maximum absolute atomic E-state index is 10.8. The topological polar surface area (TPSA) is 71.5 Å². The van der Waals surface area contributed by atoms with Crippen molar-refractivity contribution in [2.45, 2.75) is 19.8 Å². The van der Waals surface area contributed by atoms with E-state index >= 15 is 0 Å². The minimum Gasteiger partial charge on any atom is -0.476 e. The molecule has 1 aromatic rings. The summed E-state index contributed by atoms with van der Waals surface area (Å²) in [5.41, 5.74) is -0.135. The lowest BCUT2D eigenvalue weighted by Crippen LogP contribution is -2.09. The molecule has 6 heteroatoms. The maximum Gasteiger partial charge on any atom is 0.356 e. The summed E-state index contributed by atoms with van der Waals surface area (Å²) in [6, 6.07) is 3.18. The molecule has 0 aliphatic rings. The van der Waals surface area contributed by atoms with Gasteiger partial charge >= 0.3 is 5.97 Å². The molecule has 0 atom stereocenters. The molecule has 0 saturated carbocycles. The zero-order valence-electron chi connectivity index (χ0n) is 10.3. The van der Waals surface area contributed by atoms with E-state index in [1.807, 2.05) is 0 Å². The van der Waals surface area contributed by atoms with E-state index in [1.165, 1.54) is 6.07 Å². The van der Waals surface area contributed by atoms with E-state index in [0.717, 1.165) is 19.4 Å². The molecule has 0 bridgehead atoms. The molecule has 0 amide bonds. The molecule has 1 aromatic heterocycles. The Balaban J connectivity index is 2.38. The van der Waals surface area contributed by atoms with E-state index in [0.29, 0.717) is 19.0 Å². The Morgan fingerprint density at radius 3 is 2.94 bits per heavy atom. The van der Waals surface area contributed by atoms with E-state index in [1.54, 1.807) is 6.07 Å². The molecule has 0 radical (unpaired) electrons. The Labute approximate surface area is 111 Å². The van der Waals surface area contributed by atoms with Crippen molar-refractivity contribution in [1.29, 1.82) is 0 Å². The molecule has 2 N–H and O–H groups in total. The predicted octanol–water partition coefficient (Wildman–Crippen LogP) is 2.66. The second kappa shape index (κ2) is 7.89. The number of carboxylic acid groups (broad SMARTS) is 1. The molecule has 0 aliphatic carbocycles. The first-order valence-electron chi connectivity index (χ1n) is 5.86. The second-order valence-corrected chi connectivity index (χ2v) is 4.13. The summed E-state index contributed by atoms with van der Waals surface area (Å²) in [7, 11) is 0. The van der Waals surface area contributed by atoms with Gasteiger partial charge < -0.3 is 15.2 Å². The average Bonchev–Trinajstić information content (AvgIpc) is 2.35. The summed E-state index contributed by atoms with van der Waals surface area (Å²) < 4.78 is 5.33. The van der Waals surface area contributed by atoms with E-state index < -0.39 is 5.97 Å². The summed E-state index contributed by atoms with van der Waals surface area (Å²) in [6.45, 7) is 4.18. The Kier molecular flexibility index (Phi) is 6.46. The van der Waals surface area contributed by atoms with Gasteiger partial charge in [0.2, 0.25) is 0 Å². The van der Waals surface area contributed by atoms with Gasteiger partial charge in [0.05, 0.1) is 5.02 Å². The van der Waals surface area contributed by atoms with Crippen molar-refractivity contribution in [1.82, 2.24) is 4.98 Å². The highest BCUT2D eigenvalue weighted by atomic mass is 35.5. The standard InChI is InChI=1S/C12H17ClN2O3/c1-2-7-18-8-3-6-14-10-5-4-9(13)11(15-10)12(16)17/h4-5H,2-3,6-8H2,1H3,(H,14,15)(H,16,17). The highest BCUT2D eigenvalue weighted by molar-refractivity contribution is 6.33. The summed E-state index contributed by atoms with van der Waals surface area (Å²) in [6.07, 6.45) is 1.85. The van der Waals surface area contributed by atoms with Gasteiger partial charge in [-0.2, -0.15) is 0 Å². The van der Waals surface area contributed by atoms with Gasteiger partial charge in [-0.3, -0.25) is 0 Å². The van der Waals surface area contributed by atoms with Gasteiger partial charge in [-0.05, 0) is 25.0 Å². The first kappa shape index (κ1) is 14.7. The van der Waals surface area contributed by atoms with Crippen LogP contribution in [0.15, 0.2) is 12.1 Å². The molecule has 0 unspecified atom stereocenters. The number of halogens is 1. The first-order chi connectivity index (χ1) is 8.65. The minimum atomic E-state index is -1.13. The fraction of sp³-hybridized carbons (Fsp3) is 0.500. The molecule has 0 aliphatic heterocycles. The smallest absolute Gasteiger partial charge is 0.356 e. The lowest BCUT2D eigenvalue weighted by Gasteiger charge is -2.07. The highest BCUT2D eigenvalue weighted by Crippen LogP contribution is 2.16. The third-order valence-electron chi connectivity index (χ3n) is 2.17. The zero-order valence-corrected chi connectivity index (χ0v) is 11.0. The van der Waals surface area contributed by atoms with Crippen LogP contribution in [-0.2, 0) is 4.74 Å². The average molecular weight is 273 g/mol. The third-order valence-corrected chi connectivity index (χ3v) is 2.47. The lowest BCUT2D eigenvalue weighted by molar-refractivity contribution is 0.0691. The molecule has 100 valence electrons. The number of anilines is 1. The van der Waals surface area contributed by atoms with E-state index in [-0.39, 0.29) is 10.7 Å². The number of aromatic carboxylic acids is 1. The number of nitrogens with zero attached hydrogens (tertiary/aromatic N) is 1. The number of hydrogen-bond donors (Lipinski definition) is 2. The van der Waals surface area contributed by atoms with Gasteiger partial charge in [0.15, 0.2) is 5.69 Å². The van der Waals surface area contributed by atoms with Crippen LogP contribution >= 0.6 is 11.6 Å². The van der Waals surface area contributed by atoms with E-state index in [2.05, 4.69) is 17.2 Å². The van der Waals surface area contributed by atoms with Crippen LogP contribution in [0.4, 0.5) is 5.82 Å². The third kappa shape index (κ3) is 4.89. The fourth-order valence-electron chi connectivity index (χ4n) is 1.33. The highest BCUT2D eigenvalue weighted by Gasteiger charge is 2.10. The molecular weight excluding hydrogens is 256 g/mol. The number of aromatic nitrogens is 1. The van der Waals surface area contributed by atoms with Gasteiger partial charge in [0.25, 0.3) is 0 Å².